The van der Waals surface area contributed by atoms with Crippen molar-refractivity contribution in [1.82, 2.24) is 4.98 Å². The maximum Gasteiger partial charge on any atom is 0.308 e. The average Bonchev–Trinajstić information content (AvgIpc) is 3.05. The van der Waals surface area contributed by atoms with Crippen LogP contribution < -0.4 is 0 Å². The molecule has 3 aromatic rings. The zero-order chi connectivity index (χ0) is 17.3. The summed E-state index contributed by atoms with van der Waals surface area (Å²) in [5.74, 6) is 0.0477. The molecule has 0 amide bonds. The van der Waals surface area contributed by atoms with Crippen molar-refractivity contribution < 1.29 is 12.6 Å². The van der Waals surface area contributed by atoms with Crippen molar-refractivity contribution in [2.75, 3.05) is 5.75 Å². The topological polar surface area (TPSA) is 56.3 Å². The third kappa shape index (κ3) is 6.14. The third-order valence-corrected chi connectivity index (χ3v) is 5.08. The second-order valence-corrected chi connectivity index (χ2v) is 7.49. The summed E-state index contributed by atoms with van der Waals surface area (Å²) in [6, 6.07) is 17.5. The quantitative estimate of drug-likeness (QED) is 0.488. The van der Waals surface area contributed by atoms with Crippen molar-refractivity contribution in [3.8, 4) is 0 Å². The van der Waals surface area contributed by atoms with Crippen molar-refractivity contribution in [3.05, 3.63) is 71.9 Å². The summed E-state index contributed by atoms with van der Waals surface area (Å²) in [4.78, 5) is 4.14. The van der Waals surface area contributed by atoms with E-state index >= 15 is 0 Å². The Balaban J connectivity index is 0.000000194. The van der Waals surface area contributed by atoms with Gasteiger partial charge in [-0.25, -0.2) is 4.98 Å². The van der Waals surface area contributed by atoms with E-state index in [9.17, 15) is 8.42 Å². The molecule has 0 fully saturated rings. The van der Waals surface area contributed by atoms with E-state index in [0.717, 1.165) is 11.1 Å². The van der Waals surface area contributed by atoms with Crippen LogP contribution in [-0.2, 0) is 14.3 Å². The molecule has 0 unspecified atom stereocenters. The van der Waals surface area contributed by atoms with Gasteiger partial charge in [-0.2, -0.15) is 8.42 Å². The monoisotopic (exact) mass is 361 g/mol. The van der Waals surface area contributed by atoms with Crippen LogP contribution in [0, 0.1) is 0 Å². The highest BCUT2D eigenvalue weighted by atomic mass is 32.2. The van der Waals surface area contributed by atoms with Crippen molar-refractivity contribution in [2.45, 2.75) is 13.3 Å². The predicted octanol–water partition coefficient (Wildman–Crippen LogP) is 4.71. The Bertz CT molecular complexity index is 841. The molecular weight excluding hydrogens is 342 g/mol. The second kappa shape index (κ2) is 9.20. The minimum absolute atomic E-state index is 0.0477. The molecule has 0 saturated carbocycles. The molecule has 2 aromatic carbocycles. The van der Waals surface area contributed by atoms with Gasteiger partial charge in [-0.05, 0) is 30.2 Å². The Kier molecular flexibility index (Phi) is 6.96. The Morgan fingerprint density at radius 2 is 1.79 bits per heavy atom. The van der Waals surface area contributed by atoms with Crippen LogP contribution >= 0.6 is 11.3 Å². The lowest BCUT2D eigenvalue weighted by atomic mass is 10.2. The second-order valence-electron chi connectivity index (χ2n) is 4.89. The smallest absolute Gasteiger partial charge is 0.308 e. The summed E-state index contributed by atoms with van der Waals surface area (Å²) in [5.41, 5.74) is 3.87. The maximum atomic E-state index is 11.1. The normalized spacial score (nSPS) is 11.2. The number of hydrogen-bond donors (Lipinski definition) is 0. The molecule has 126 valence electrons. The minimum atomic E-state index is -3.39. The van der Waals surface area contributed by atoms with E-state index in [1.54, 1.807) is 24.3 Å². The van der Waals surface area contributed by atoms with Crippen molar-refractivity contribution >= 4 is 37.7 Å². The highest BCUT2D eigenvalue weighted by molar-refractivity contribution is 7.86. The van der Waals surface area contributed by atoms with Gasteiger partial charge in [0, 0.05) is 0 Å². The highest BCUT2D eigenvalue weighted by Gasteiger charge is 2.06. The van der Waals surface area contributed by atoms with E-state index in [2.05, 4.69) is 15.2 Å². The maximum absolute atomic E-state index is 11.1. The zero-order valence-corrected chi connectivity index (χ0v) is 15.0. The number of rotatable bonds is 5. The number of hydrogen-bond acceptors (Lipinski definition) is 5. The lowest BCUT2D eigenvalue weighted by molar-refractivity contribution is 0.445. The van der Waals surface area contributed by atoms with Crippen LogP contribution in [0.2, 0.25) is 0 Å². The van der Waals surface area contributed by atoms with E-state index in [4.69, 9.17) is 0 Å². The molecule has 0 atom stereocenters. The summed E-state index contributed by atoms with van der Waals surface area (Å²) in [6.07, 6.45) is 3.38. The number of aromatic nitrogens is 1. The first-order valence-electron chi connectivity index (χ1n) is 7.51. The minimum Gasteiger partial charge on any atom is -0.390 e. The Hall–Kier alpha value is -2.18. The number of nitrogens with zero attached hydrogens (tertiary/aromatic N) is 1. The van der Waals surface area contributed by atoms with Gasteiger partial charge in [0.05, 0.1) is 21.5 Å². The standard InChI is InChI=1S/C11H14O3S.C7H5NS/c1-2-10-15(12,13)14-9-8-11-6-4-3-5-7-11;1-2-4-7-6(3-1)8-5-9-7/h3-9H,2,10H2,1H3;1-5H/b9-8+;. The molecule has 24 heavy (non-hydrogen) atoms. The molecule has 1 heterocycles. The van der Waals surface area contributed by atoms with Crippen LogP contribution in [0.3, 0.4) is 0 Å². The van der Waals surface area contributed by atoms with Gasteiger partial charge in [0.25, 0.3) is 0 Å². The van der Waals surface area contributed by atoms with Gasteiger partial charge in [0.1, 0.15) is 6.26 Å². The van der Waals surface area contributed by atoms with Crippen LogP contribution in [0.5, 0.6) is 0 Å². The number of thiazole rings is 1. The van der Waals surface area contributed by atoms with Crippen LogP contribution in [0.4, 0.5) is 0 Å². The van der Waals surface area contributed by atoms with Gasteiger partial charge in [-0.15, -0.1) is 11.3 Å². The third-order valence-electron chi connectivity index (χ3n) is 2.95. The molecule has 6 heteroatoms. The van der Waals surface area contributed by atoms with Gasteiger partial charge in [-0.3, -0.25) is 0 Å². The molecule has 0 spiro atoms. The summed E-state index contributed by atoms with van der Waals surface area (Å²) >= 11 is 1.68. The molecule has 1 aromatic heterocycles. The first kappa shape index (κ1) is 18.2. The molecule has 4 nitrogen and oxygen atoms in total. The number of para-hydroxylation sites is 1. The van der Waals surface area contributed by atoms with Crippen LogP contribution in [0.25, 0.3) is 16.3 Å². The molecular formula is C18H19NO3S2. The molecule has 3 rings (SSSR count). The lowest BCUT2D eigenvalue weighted by Gasteiger charge is -1.99. The summed E-state index contributed by atoms with van der Waals surface area (Å²) in [7, 11) is -3.39. The molecule has 0 radical (unpaired) electrons. The predicted molar refractivity (Wildman–Crippen MR) is 100 cm³/mol. The van der Waals surface area contributed by atoms with Gasteiger partial charge in [-0.1, -0.05) is 49.4 Å². The molecule has 0 N–H and O–H groups in total. The lowest BCUT2D eigenvalue weighted by Crippen LogP contribution is -2.05. The highest BCUT2D eigenvalue weighted by Crippen LogP contribution is 2.15. The Labute approximate surface area is 146 Å². The van der Waals surface area contributed by atoms with E-state index in [1.165, 1.54) is 11.0 Å². The van der Waals surface area contributed by atoms with Crippen molar-refractivity contribution in [1.29, 1.82) is 0 Å². The van der Waals surface area contributed by atoms with E-state index in [-0.39, 0.29) is 5.75 Å². The van der Waals surface area contributed by atoms with E-state index < -0.39 is 10.1 Å². The number of fused-ring (bicyclic) bond motifs is 1. The van der Waals surface area contributed by atoms with Gasteiger partial charge in [0.15, 0.2) is 0 Å². The summed E-state index contributed by atoms with van der Waals surface area (Å²) in [6.45, 7) is 1.79. The van der Waals surface area contributed by atoms with Gasteiger partial charge in [0.2, 0.25) is 0 Å². The summed E-state index contributed by atoms with van der Waals surface area (Å²) in [5, 5.41) is 0. The SMILES string of the molecule is CCCS(=O)(=O)O/C=C/c1ccccc1.c1ccc2scnc2c1. The van der Waals surface area contributed by atoms with Crippen molar-refractivity contribution in [2.24, 2.45) is 0 Å². The average molecular weight is 361 g/mol. The first-order valence-corrected chi connectivity index (χ1v) is 9.97. The Morgan fingerprint density at radius 1 is 1.08 bits per heavy atom. The molecule has 0 aliphatic heterocycles. The fourth-order valence-electron chi connectivity index (χ4n) is 1.86. The van der Waals surface area contributed by atoms with E-state index in [1.807, 2.05) is 54.0 Å². The fraction of sp³-hybridized carbons (Fsp3) is 0.167. The first-order chi connectivity index (χ1) is 11.6. The van der Waals surface area contributed by atoms with Gasteiger partial charge < -0.3 is 4.18 Å². The van der Waals surface area contributed by atoms with Crippen LogP contribution in [0.1, 0.15) is 18.9 Å². The van der Waals surface area contributed by atoms with Crippen LogP contribution in [-0.4, -0.2) is 19.2 Å². The van der Waals surface area contributed by atoms with Crippen LogP contribution in [0.15, 0.2) is 66.4 Å². The molecule has 0 aliphatic carbocycles. The van der Waals surface area contributed by atoms with Gasteiger partial charge >= 0.3 is 10.1 Å². The Morgan fingerprint density at radius 3 is 2.50 bits per heavy atom. The summed E-state index contributed by atoms with van der Waals surface area (Å²) < 4.78 is 28.2. The fourth-order valence-corrected chi connectivity index (χ4v) is 3.36. The molecule has 0 saturated heterocycles. The zero-order valence-electron chi connectivity index (χ0n) is 13.3. The van der Waals surface area contributed by atoms with Crippen molar-refractivity contribution in [3.63, 3.8) is 0 Å². The number of benzene rings is 2. The molecule has 0 aliphatic rings. The molecule has 0 bridgehead atoms. The van der Waals surface area contributed by atoms with E-state index in [0.29, 0.717) is 6.42 Å². The largest absolute Gasteiger partial charge is 0.390 e.